The van der Waals surface area contributed by atoms with Gasteiger partial charge in [0.25, 0.3) is 0 Å². The molecule has 3 aromatic carbocycles. The standard InChI is InChI=1S/C25H19FN4O2S/c1-32-19-12-6-16(7-13-19)23(31)15-33-25-29-28-24(30(25)18-10-8-17(26)9-11-18)21-14-27-22-5-3-2-4-20(21)22/h2-14,27H,15H2,1H3. The van der Waals surface area contributed by atoms with Crippen LogP contribution in [0.4, 0.5) is 4.39 Å². The molecule has 0 unspecified atom stereocenters. The lowest BCUT2D eigenvalue weighted by molar-refractivity contribution is 0.102. The molecule has 33 heavy (non-hydrogen) atoms. The van der Waals surface area contributed by atoms with Gasteiger partial charge in [0, 0.05) is 33.9 Å². The molecule has 8 heteroatoms. The first-order valence-corrected chi connectivity index (χ1v) is 11.2. The van der Waals surface area contributed by atoms with E-state index in [0.717, 1.165) is 16.5 Å². The Morgan fingerprint density at radius 3 is 2.55 bits per heavy atom. The van der Waals surface area contributed by atoms with Crippen molar-refractivity contribution in [2.45, 2.75) is 5.16 Å². The lowest BCUT2D eigenvalue weighted by Gasteiger charge is -2.10. The Morgan fingerprint density at radius 2 is 1.79 bits per heavy atom. The zero-order valence-electron chi connectivity index (χ0n) is 17.7. The van der Waals surface area contributed by atoms with E-state index in [0.29, 0.717) is 28.0 Å². The molecule has 0 atom stereocenters. The summed E-state index contributed by atoms with van der Waals surface area (Å²) < 4.78 is 20.6. The molecular weight excluding hydrogens is 439 g/mol. The van der Waals surface area contributed by atoms with Crippen LogP contribution in [0.3, 0.4) is 0 Å². The highest BCUT2D eigenvalue weighted by Gasteiger charge is 2.20. The third-order valence-corrected chi connectivity index (χ3v) is 6.22. The Labute approximate surface area is 193 Å². The second-order valence-corrected chi connectivity index (χ2v) is 8.25. The van der Waals surface area contributed by atoms with E-state index in [1.807, 2.05) is 35.0 Å². The number of nitrogens with one attached hydrogen (secondary N) is 1. The summed E-state index contributed by atoms with van der Waals surface area (Å²) in [4.78, 5) is 16.0. The van der Waals surface area contributed by atoms with Crippen molar-refractivity contribution in [3.8, 4) is 22.8 Å². The van der Waals surface area contributed by atoms with Crippen molar-refractivity contribution < 1.29 is 13.9 Å². The highest BCUT2D eigenvalue weighted by Crippen LogP contribution is 2.32. The van der Waals surface area contributed by atoms with Crippen LogP contribution in [0.1, 0.15) is 10.4 Å². The lowest BCUT2D eigenvalue weighted by atomic mass is 10.1. The number of hydrogen-bond donors (Lipinski definition) is 1. The molecule has 0 spiro atoms. The Morgan fingerprint density at radius 1 is 1.03 bits per heavy atom. The van der Waals surface area contributed by atoms with Gasteiger partial charge in [-0.3, -0.25) is 9.36 Å². The van der Waals surface area contributed by atoms with Crippen molar-refractivity contribution in [3.05, 3.63) is 90.4 Å². The predicted octanol–water partition coefficient (Wildman–Crippen LogP) is 5.54. The number of thioether (sulfide) groups is 1. The molecule has 0 saturated heterocycles. The summed E-state index contributed by atoms with van der Waals surface area (Å²) in [5, 5.41) is 10.3. The van der Waals surface area contributed by atoms with Gasteiger partial charge >= 0.3 is 0 Å². The lowest BCUT2D eigenvalue weighted by Crippen LogP contribution is -2.05. The summed E-state index contributed by atoms with van der Waals surface area (Å²) in [5.41, 5.74) is 3.15. The molecule has 0 radical (unpaired) electrons. The number of Topliss-reactive ketones (excluding diaryl/α,β-unsaturated/α-hetero) is 1. The number of carbonyl (C=O) groups is 1. The molecule has 0 saturated carbocycles. The molecule has 0 aliphatic rings. The van der Waals surface area contributed by atoms with Gasteiger partial charge in [-0.1, -0.05) is 30.0 Å². The SMILES string of the molecule is COc1ccc(C(=O)CSc2nnc(-c3c[nH]c4ccccc34)n2-c2ccc(F)cc2)cc1. The average molecular weight is 459 g/mol. The third-order valence-electron chi connectivity index (χ3n) is 5.29. The maximum absolute atomic E-state index is 13.6. The number of fused-ring (bicyclic) bond motifs is 1. The zero-order valence-corrected chi connectivity index (χ0v) is 18.5. The second kappa shape index (κ2) is 8.91. The van der Waals surface area contributed by atoms with Crippen molar-refractivity contribution >= 4 is 28.4 Å². The minimum absolute atomic E-state index is 0.0371. The molecule has 0 aliphatic heterocycles. The third kappa shape index (κ3) is 4.12. The molecule has 1 N–H and O–H groups in total. The van der Waals surface area contributed by atoms with Gasteiger partial charge < -0.3 is 9.72 Å². The van der Waals surface area contributed by atoms with Gasteiger partial charge in [-0.05, 0) is 54.6 Å². The van der Waals surface area contributed by atoms with Gasteiger partial charge in [0.05, 0.1) is 12.9 Å². The summed E-state index contributed by atoms with van der Waals surface area (Å²) in [7, 11) is 1.58. The van der Waals surface area contributed by atoms with E-state index in [1.165, 1.54) is 23.9 Å². The normalized spacial score (nSPS) is 11.1. The van der Waals surface area contributed by atoms with Crippen molar-refractivity contribution in [3.63, 3.8) is 0 Å². The summed E-state index contributed by atoms with van der Waals surface area (Å²) in [6.45, 7) is 0. The van der Waals surface area contributed by atoms with Crippen LogP contribution in [0.5, 0.6) is 5.75 Å². The van der Waals surface area contributed by atoms with Gasteiger partial charge in [-0.25, -0.2) is 4.39 Å². The number of carbonyl (C=O) groups excluding carboxylic acids is 1. The summed E-state index contributed by atoms with van der Waals surface area (Å²) in [6.07, 6.45) is 1.88. The monoisotopic (exact) mass is 458 g/mol. The summed E-state index contributed by atoms with van der Waals surface area (Å²) >= 11 is 1.29. The van der Waals surface area contributed by atoms with E-state index in [9.17, 15) is 9.18 Å². The number of rotatable bonds is 7. The number of ketones is 1. The van der Waals surface area contributed by atoms with Crippen molar-refractivity contribution in [2.75, 3.05) is 12.9 Å². The highest BCUT2D eigenvalue weighted by atomic mass is 32.2. The second-order valence-electron chi connectivity index (χ2n) is 7.31. The van der Waals surface area contributed by atoms with Gasteiger partial charge in [0.1, 0.15) is 11.6 Å². The van der Waals surface area contributed by atoms with Crippen LogP contribution < -0.4 is 4.74 Å². The zero-order chi connectivity index (χ0) is 22.8. The molecule has 5 aromatic rings. The van der Waals surface area contributed by atoms with Crippen LogP contribution in [-0.2, 0) is 0 Å². The smallest absolute Gasteiger partial charge is 0.196 e. The number of ether oxygens (including phenoxy) is 1. The van der Waals surface area contributed by atoms with Gasteiger partial charge in [-0.15, -0.1) is 10.2 Å². The summed E-state index contributed by atoms with van der Waals surface area (Å²) in [6, 6.07) is 21.0. The maximum atomic E-state index is 13.6. The first kappa shape index (κ1) is 21.0. The van der Waals surface area contributed by atoms with Crippen LogP contribution in [0, 0.1) is 5.82 Å². The number of hydrogen-bond acceptors (Lipinski definition) is 5. The Bertz CT molecular complexity index is 1430. The Hall–Kier alpha value is -3.91. The first-order chi connectivity index (χ1) is 16.1. The van der Waals surface area contributed by atoms with E-state index in [1.54, 1.807) is 43.5 Å². The Kier molecular flexibility index (Phi) is 5.66. The fraction of sp³-hybridized carbons (Fsp3) is 0.0800. The topological polar surface area (TPSA) is 72.8 Å². The number of para-hydroxylation sites is 1. The molecule has 0 fully saturated rings. The molecule has 0 aliphatic carbocycles. The number of methoxy groups -OCH3 is 1. The Balaban J connectivity index is 1.50. The summed E-state index contributed by atoms with van der Waals surface area (Å²) in [5.74, 6) is 1.12. The molecule has 2 aromatic heterocycles. The number of benzene rings is 3. The van der Waals surface area contributed by atoms with Crippen LogP contribution >= 0.6 is 11.8 Å². The van der Waals surface area contributed by atoms with Gasteiger partial charge in [0.2, 0.25) is 0 Å². The van der Waals surface area contributed by atoms with E-state index < -0.39 is 0 Å². The molecule has 164 valence electrons. The van der Waals surface area contributed by atoms with E-state index in [2.05, 4.69) is 15.2 Å². The van der Waals surface area contributed by atoms with E-state index in [4.69, 9.17) is 4.74 Å². The fourth-order valence-electron chi connectivity index (χ4n) is 3.61. The van der Waals surface area contributed by atoms with Crippen molar-refractivity contribution in [1.82, 2.24) is 19.7 Å². The molecule has 5 rings (SSSR count). The van der Waals surface area contributed by atoms with Crippen LogP contribution in [0.2, 0.25) is 0 Å². The largest absolute Gasteiger partial charge is 0.497 e. The van der Waals surface area contributed by atoms with Crippen LogP contribution in [0.25, 0.3) is 28.0 Å². The molecular formula is C25H19FN4O2S. The fourth-order valence-corrected chi connectivity index (χ4v) is 4.45. The molecule has 0 amide bonds. The van der Waals surface area contributed by atoms with Gasteiger partial charge in [0.15, 0.2) is 16.8 Å². The van der Waals surface area contributed by atoms with Crippen LogP contribution in [-0.4, -0.2) is 38.4 Å². The maximum Gasteiger partial charge on any atom is 0.196 e. The van der Waals surface area contributed by atoms with E-state index >= 15 is 0 Å². The average Bonchev–Trinajstić information content (AvgIpc) is 3.47. The van der Waals surface area contributed by atoms with E-state index in [-0.39, 0.29) is 17.4 Å². The molecule has 6 nitrogen and oxygen atoms in total. The number of nitrogens with zero attached hydrogens (tertiary/aromatic N) is 3. The first-order valence-electron chi connectivity index (χ1n) is 10.2. The quantitative estimate of drug-likeness (QED) is 0.256. The number of aromatic amines is 1. The number of aromatic nitrogens is 4. The predicted molar refractivity (Wildman–Crippen MR) is 127 cm³/mol. The highest BCUT2D eigenvalue weighted by molar-refractivity contribution is 7.99. The van der Waals surface area contributed by atoms with Gasteiger partial charge in [-0.2, -0.15) is 0 Å². The van der Waals surface area contributed by atoms with Crippen molar-refractivity contribution in [2.24, 2.45) is 0 Å². The van der Waals surface area contributed by atoms with Crippen LogP contribution in [0.15, 0.2) is 84.1 Å². The molecule has 2 heterocycles. The van der Waals surface area contributed by atoms with Crippen molar-refractivity contribution in [1.29, 1.82) is 0 Å². The minimum Gasteiger partial charge on any atom is -0.497 e. The minimum atomic E-state index is -0.329. The number of halogens is 1. The number of H-pyrrole nitrogens is 1. The molecule has 0 bridgehead atoms.